The summed E-state index contributed by atoms with van der Waals surface area (Å²) in [6, 6.07) is 0. The molecule has 2 heterocycles. The second kappa shape index (κ2) is 4.91. The molecule has 0 amide bonds. The predicted molar refractivity (Wildman–Crippen MR) is 78.2 cm³/mol. The number of nitrogens with two attached hydrogens (primary N) is 1. The summed E-state index contributed by atoms with van der Waals surface area (Å²) in [6.45, 7) is 6.08. The van der Waals surface area contributed by atoms with Crippen LogP contribution in [-0.4, -0.2) is 29.8 Å². The van der Waals surface area contributed by atoms with Crippen LogP contribution < -0.4 is 15.2 Å². The summed E-state index contributed by atoms with van der Waals surface area (Å²) in [5, 5.41) is 9.51. The third-order valence-corrected chi connectivity index (χ3v) is 4.41. The van der Waals surface area contributed by atoms with Gasteiger partial charge in [0, 0.05) is 36.1 Å². The number of aliphatic carboxylic acids is 1. The zero-order chi connectivity index (χ0) is 15.3. The Morgan fingerprint density at radius 3 is 2.38 bits per heavy atom. The zero-order valence-corrected chi connectivity index (χ0v) is 12.6. The number of benzene rings is 1. The van der Waals surface area contributed by atoms with Gasteiger partial charge in [-0.3, -0.25) is 4.79 Å². The largest absolute Gasteiger partial charge is 0.490 e. The van der Waals surface area contributed by atoms with Crippen molar-refractivity contribution in [3.05, 3.63) is 22.3 Å². The van der Waals surface area contributed by atoms with E-state index in [9.17, 15) is 9.90 Å². The summed E-state index contributed by atoms with van der Waals surface area (Å²) in [4.78, 5) is 11.6. The fraction of sp³-hybridized carbons (Fsp3) is 0.562. The lowest BCUT2D eigenvalue weighted by molar-refractivity contribution is -0.138. The van der Waals surface area contributed by atoms with E-state index in [4.69, 9.17) is 15.2 Å². The maximum absolute atomic E-state index is 11.6. The zero-order valence-electron chi connectivity index (χ0n) is 12.6. The Balaban J connectivity index is 2.26. The minimum atomic E-state index is -0.909. The topological polar surface area (TPSA) is 81.8 Å². The molecular formula is C16H21NO4. The highest BCUT2D eigenvalue weighted by atomic mass is 16.5. The lowest BCUT2D eigenvalue weighted by Gasteiger charge is -2.20. The van der Waals surface area contributed by atoms with Crippen molar-refractivity contribution in [3.8, 4) is 11.5 Å². The highest BCUT2D eigenvalue weighted by Crippen LogP contribution is 2.48. The molecule has 2 aliphatic rings. The lowest BCUT2D eigenvalue weighted by atomic mass is 9.86. The molecule has 0 aliphatic carbocycles. The van der Waals surface area contributed by atoms with Crippen LogP contribution in [0.1, 0.15) is 42.0 Å². The molecule has 0 saturated carbocycles. The Kier molecular flexibility index (Phi) is 3.32. The van der Waals surface area contributed by atoms with Crippen LogP contribution in [0, 0.1) is 6.92 Å². The van der Waals surface area contributed by atoms with Gasteiger partial charge in [0.25, 0.3) is 0 Å². The van der Waals surface area contributed by atoms with E-state index < -0.39 is 11.9 Å². The van der Waals surface area contributed by atoms with Crippen molar-refractivity contribution in [2.45, 2.75) is 51.7 Å². The molecule has 0 saturated heterocycles. The number of carboxylic acids is 1. The fourth-order valence-corrected chi connectivity index (χ4v) is 3.47. The molecule has 5 nitrogen and oxygen atoms in total. The molecular weight excluding hydrogens is 270 g/mol. The van der Waals surface area contributed by atoms with Crippen LogP contribution in [-0.2, 0) is 17.6 Å². The summed E-state index contributed by atoms with van der Waals surface area (Å²) in [6.07, 6.45) is 1.62. The third-order valence-electron chi connectivity index (χ3n) is 4.41. The first-order valence-electron chi connectivity index (χ1n) is 7.38. The molecule has 1 aromatic carbocycles. The number of carboxylic acid groups (broad SMARTS) is 1. The molecule has 3 atom stereocenters. The number of carbonyl (C=O) groups is 1. The number of hydrogen-bond acceptors (Lipinski definition) is 4. The lowest BCUT2D eigenvalue weighted by Crippen LogP contribution is -2.23. The average molecular weight is 291 g/mol. The molecule has 0 spiro atoms. The minimum Gasteiger partial charge on any atom is -0.490 e. The van der Waals surface area contributed by atoms with Crippen molar-refractivity contribution >= 4 is 5.97 Å². The van der Waals surface area contributed by atoms with Crippen molar-refractivity contribution in [2.75, 3.05) is 6.54 Å². The first-order valence-corrected chi connectivity index (χ1v) is 7.38. The van der Waals surface area contributed by atoms with Crippen molar-refractivity contribution in [1.29, 1.82) is 0 Å². The van der Waals surface area contributed by atoms with Gasteiger partial charge < -0.3 is 20.3 Å². The average Bonchev–Trinajstić information content (AvgIpc) is 2.97. The Morgan fingerprint density at radius 2 is 1.81 bits per heavy atom. The molecule has 3 unspecified atom stereocenters. The van der Waals surface area contributed by atoms with Gasteiger partial charge in [0.05, 0.1) is 5.92 Å². The van der Waals surface area contributed by atoms with Gasteiger partial charge in [0.1, 0.15) is 23.7 Å². The van der Waals surface area contributed by atoms with E-state index in [1.54, 1.807) is 0 Å². The Hall–Kier alpha value is -1.75. The molecule has 0 radical (unpaired) electrons. The number of fused-ring (bicyclic) bond motifs is 2. The molecule has 0 fully saturated rings. The van der Waals surface area contributed by atoms with E-state index in [0.29, 0.717) is 6.42 Å². The van der Waals surface area contributed by atoms with Crippen LogP contribution in [0.4, 0.5) is 0 Å². The highest BCUT2D eigenvalue weighted by Gasteiger charge is 2.38. The molecule has 3 rings (SSSR count). The third kappa shape index (κ3) is 2.07. The number of rotatable bonds is 3. The minimum absolute atomic E-state index is 0.0589. The second-order valence-electron chi connectivity index (χ2n) is 6.05. The van der Waals surface area contributed by atoms with Gasteiger partial charge in [-0.25, -0.2) is 0 Å². The van der Waals surface area contributed by atoms with Crippen LogP contribution in [0.25, 0.3) is 0 Å². The van der Waals surface area contributed by atoms with E-state index in [2.05, 4.69) is 0 Å². The SMILES string of the molecule is Cc1c2c(c(C(CN)C(=O)O)c3c1OC(C)C3)OC(C)C2. The summed E-state index contributed by atoms with van der Waals surface area (Å²) >= 11 is 0. The van der Waals surface area contributed by atoms with Crippen molar-refractivity contribution in [2.24, 2.45) is 5.73 Å². The summed E-state index contributed by atoms with van der Waals surface area (Å²) in [5.74, 6) is -0.0799. The number of hydrogen-bond donors (Lipinski definition) is 2. The summed E-state index contributed by atoms with van der Waals surface area (Å²) in [5.41, 5.74) is 9.57. The van der Waals surface area contributed by atoms with E-state index in [1.807, 2.05) is 20.8 Å². The molecule has 5 heteroatoms. The number of ether oxygens (including phenoxy) is 2. The maximum Gasteiger partial charge on any atom is 0.312 e. The smallest absolute Gasteiger partial charge is 0.312 e. The molecule has 0 aromatic heterocycles. The molecule has 2 aliphatic heterocycles. The summed E-state index contributed by atoms with van der Waals surface area (Å²) < 4.78 is 11.9. The summed E-state index contributed by atoms with van der Waals surface area (Å²) in [7, 11) is 0. The van der Waals surface area contributed by atoms with E-state index in [0.717, 1.165) is 40.2 Å². The second-order valence-corrected chi connectivity index (χ2v) is 6.05. The van der Waals surface area contributed by atoms with Gasteiger partial charge in [-0.2, -0.15) is 0 Å². The molecule has 114 valence electrons. The Bertz CT molecular complexity index is 572. The normalized spacial score (nSPS) is 24.0. The highest BCUT2D eigenvalue weighted by molar-refractivity contribution is 5.80. The van der Waals surface area contributed by atoms with E-state index >= 15 is 0 Å². The molecule has 0 bridgehead atoms. The predicted octanol–water partition coefficient (Wildman–Crippen LogP) is 1.77. The van der Waals surface area contributed by atoms with Crippen molar-refractivity contribution < 1.29 is 19.4 Å². The molecule has 3 N–H and O–H groups in total. The Morgan fingerprint density at radius 1 is 1.24 bits per heavy atom. The van der Waals surface area contributed by atoms with E-state index in [-0.39, 0.29) is 18.8 Å². The Labute approximate surface area is 124 Å². The van der Waals surface area contributed by atoms with Crippen LogP contribution in [0.5, 0.6) is 11.5 Å². The molecule has 1 aromatic rings. The van der Waals surface area contributed by atoms with Crippen LogP contribution >= 0.6 is 0 Å². The van der Waals surface area contributed by atoms with Gasteiger partial charge >= 0.3 is 5.97 Å². The van der Waals surface area contributed by atoms with Crippen molar-refractivity contribution in [3.63, 3.8) is 0 Å². The van der Waals surface area contributed by atoms with Crippen LogP contribution in [0.2, 0.25) is 0 Å². The van der Waals surface area contributed by atoms with Crippen LogP contribution in [0.3, 0.4) is 0 Å². The van der Waals surface area contributed by atoms with Gasteiger partial charge in [-0.15, -0.1) is 0 Å². The monoisotopic (exact) mass is 291 g/mol. The fourth-order valence-electron chi connectivity index (χ4n) is 3.47. The molecule has 21 heavy (non-hydrogen) atoms. The van der Waals surface area contributed by atoms with Gasteiger partial charge in [0.15, 0.2) is 0 Å². The van der Waals surface area contributed by atoms with Gasteiger partial charge in [0.2, 0.25) is 0 Å². The van der Waals surface area contributed by atoms with E-state index in [1.165, 1.54) is 0 Å². The first kappa shape index (κ1) is 14.2. The standard InChI is InChI=1S/C16H21NO4/c1-7-4-10-9(3)14-11(5-8(2)20-14)13(15(10)21-7)12(6-17)16(18)19/h7-8,12H,4-6,17H2,1-3H3,(H,18,19). The quantitative estimate of drug-likeness (QED) is 0.887. The van der Waals surface area contributed by atoms with Gasteiger partial charge in [-0.1, -0.05) is 0 Å². The first-order chi connectivity index (χ1) is 9.93. The van der Waals surface area contributed by atoms with Crippen molar-refractivity contribution in [1.82, 2.24) is 0 Å². The van der Waals surface area contributed by atoms with Gasteiger partial charge in [-0.05, 0) is 26.3 Å². The maximum atomic E-state index is 11.6. The van der Waals surface area contributed by atoms with Crippen LogP contribution in [0.15, 0.2) is 0 Å².